The summed E-state index contributed by atoms with van der Waals surface area (Å²) in [4.78, 5) is 11.4. The Balaban J connectivity index is 1.65. The van der Waals surface area contributed by atoms with E-state index in [9.17, 15) is 0 Å². The van der Waals surface area contributed by atoms with Crippen molar-refractivity contribution in [2.75, 3.05) is 10.1 Å². The van der Waals surface area contributed by atoms with Crippen LogP contribution in [-0.4, -0.2) is 6.29 Å². The van der Waals surface area contributed by atoms with Crippen LogP contribution in [0.25, 0.3) is 0 Å². The van der Waals surface area contributed by atoms with Gasteiger partial charge in [-0.05, 0) is 12.1 Å². The molecule has 0 saturated heterocycles. The zero-order valence-electron chi connectivity index (χ0n) is 10.9. The fraction of sp³-hybridized carbons (Fsp3) is 0.200. The van der Waals surface area contributed by atoms with E-state index < -0.39 is 6.29 Å². The van der Waals surface area contributed by atoms with Crippen molar-refractivity contribution >= 4 is 11.4 Å². The summed E-state index contributed by atoms with van der Waals surface area (Å²) >= 11 is 0. The number of para-hydroxylation sites is 2. The quantitative estimate of drug-likeness (QED) is 0.905. The van der Waals surface area contributed by atoms with Gasteiger partial charge < -0.3 is 0 Å². The highest BCUT2D eigenvalue weighted by molar-refractivity contribution is 5.59. The molecule has 5 nitrogen and oxygen atoms in total. The summed E-state index contributed by atoms with van der Waals surface area (Å²) in [6.45, 7) is 1.08. The van der Waals surface area contributed by atoms with Gasteiger partial charge in [0, 0.05) is 11.1 Å². The summed E-state index contributed by atoms with van der Waals surface area (Å²) in [5.41, 5.74) is 10.6. The van der Waals surface area contributed by atoms with Gasteiger partial charge >= 0.3 is 0 Å². The molecule has 5 heteroatoms. The molecule has 0 fully saturated rings. The van der Waals surface area contributed by atoms with Crippen LogP contribution in [0, 0.1) is 0 Å². The first-order valence-electron chi connectivity index (χ1n) is 6.60. The zero-order chi connectivity index (χ0) is 13.5. The molecule has 2 aliphatic heterocycles. The van der Waals surface area contributed by atoms with E-state index in [1.54, 1.807) is 10.1 Å². The van der Waals surface area contributed by atoms with Crippen LogP contribution >= 0.6 is 0 Å². The second kappa shape index (κ2) is 4.49. The summed E-state index contributed by atoms with van der Waals surface area (Å²) in [6.07, 6.45) is -0.512. The van der Waals surface area contributed by atoms with Gasteiger partial charge in [0.2, 0.25) is 6.29 Å². The van der Waals surface area contributed by atoms with Gasteiger partial charge in [0.05, 0.1) is 11.4 Å². The molecule has 0 aliphatic carbocycles. The number of anilines is 2. The molecule has 0 radical (unpaired) electrons. The van der Waals surface area contributed by atoms with E-state index >= 15 is 0 Å². The van der Waals surface area contributed by atoms with E-state index in [0.717, 1.165) is 22.5 Å². The highest BCUT2D eigenvalue weighted by Gasteiger charge is 2.33. The molecule has 20 heavy (non-hydrogen) atoms. The van der Waals surface area contributed by atoms with Crippen molar-refractivity contribution in [1.29, 1.82) is 0 Å². The third-order valence-corrected chi connectivity index (χ3v) is 3.66. The molecule has 102 valence electrons. The van der Waals surface area contributed by atoms with E-state index in [2.05, 4.69) is 0 Å². The predicted molar refractivity (Wildman–Crippen MR) is 75.4 cm³/mol. The fourth-order valence-corrected chi connectivity index (χ4v) is 2.65. The molecule has 0 spiro atoms. The number of benzene rings is 2. The first-order valence-corrected chi connectivity index (χ1v) is 6.60. The monoisotopic (exact) mass is 269 g/mol. The van der Waals surface area contributed by atoms with E-state index in [1.165, 1.54) is 0 Å². The third kappa shape index (κ3) is 1.68. The van der Waals surface area contributed by atoms with Gasteiger partial charge in [-0.1, -0.05) is 36.4 Å². The third-order valence-electron chi connectivity index (χ3n) is 3.66. The van der Waals surface area contributed by atoms with Gasteiger partial charge in [-0.25, -0.2) is 10.1 Å². The molecule has 0 unspecified atom stereocenters. The molecule has 2 N–H and O–H groups in total. The SMILES string of the molecule is NC(N1OCc2ccccc21)N1OCc2ccccc21. The van der Waals surface area contributed by atoms with E-state index in [-0.39, 0.29) is 0 Å². The summed E-state index contributed by atoms with van der Waals surface area (Å²) in [5.74, 6) is 0. The molecule has 0 saturated carbocycles. The van der Waals surface area contributed by atoms with Crippen LogP contribution in [0.1, 0.15) is 11.1 Å². The number of hydroxylamine groups is 2. The summed E-state index contributed by atoms with van der Waals surface area (Å²) in [5, 5.41) is 3.41. The summed E-state index contributed by atoms with van der Waals surface area (Å²) < 4.78 is 0. The number of fused-ring (bicyclic) bond motifs is 2. The minimum absolute atomic E-state index is 0.512. The Labute approximate surface area is 117 Å². The van der Waals surface area contributed by atoms with Crippen LogP contribution < -0.4 is 15.9 Å². The van der Waals surface area contributed by atoms with Crippen molar-refractivity contribution < 1.29 is 9.68 Å². The van der Waals surface area contributed by atoms with Crippen LogP contribution in [0.2, 0.25) is 0 Å². The number of hydrogen-bond acceptors (Lipinski definition) is 5. The zero-order valence-corrected chi connectivity index (χ0v) is 10.9. The lowest BCUT2D eigenvalue weighted by atomic mass is 10.2. The first kappa shape index (κ1) is 11.7. The van der Waals surface area contributed by atoms with E-state index in [4.69, 9.17) is 15.4 Å². The second-order valence-corrected chi connectivity index (χ2v) is 4.87. The van der Waals surface area contributed by atoms with Gasteiger partial charge in [0.25, 0.3) is 0 Å². The molecule has 2 aliphatic rings. The predicted octanol–water partition coefficient (Wildman–Crippen LogP) is 2.13. The largest absolute Gasteiger partial charge is 0.290 e. The van der Waals surface area contributed by atoms with Crippen molar-refractivity contribution in [3.8, 4) is 0 Å². The molecule has 2 heterocycles. The molecular weight excluding hydrogens is 254 g/mol. The second-order valence-electron chi connectivity index (χ2n) is 4.87. The van der Waals surface area contributed by atoms with Crippen molar-refractivity contribution in [2.24, 2.45) is 5.73 Å². The van der Waals surface area contributed by atoms with Gasteiger partial charge in [0.1, 0.15) is 13.2 Å². The maximum atomic E-state index is 6.32. The molecule has 0 aromatic heterocycles. The Morgan fingerprint density at radius 3 is 1.75 bits per heavy atom. The average molecular weight is 269 g/mol. The van der Waals surface area contributed by atoms with Crippen LogP contribution in [0.15, 0.2) is 48.5 Å². The number of nitrogens with two attached hydrogens (primary N) is 1. The molecule has 0 atom stereocenters. The Bertz CT molecular complexity index is 591. The van der Waals surface area contributed by atoms with Gasteiger partial charge in [-0.3, -0.25) is 15.4 Å². The van der Waals surface area contributed by atoms with Crippen LogP contribution in [0.4, 0.5) is 11.4 Å². The standard InChI is InChI=1S/C15H15N3O2/c16-15(17-13-7-3-1-5-11(13)9-19-17)18-14-8-4-2-6-12(14)10-20-18/h1-8,15H,9-10,16H2. The highest BCUT2D eigenvalue weighted by Crippen LogP contribution is 2.34. The van der Waals surface area contributed by atoms with Gasteiger partial charge in [-0.15, -0.1) is 0 Å². The van der Waals surface area contributed by atoms with E-state index in [0.29, 0.717) is 13.2 Å². The Morgan fingerprint density at radius 2 is 1.25 bits per heavy atom. The van der Waals surface area contributed by atoms with Crippen molar-refractivity contribution in [1.82, 2.24) is 0 Å². The lowest BCUT2D eigenvalue weighted by Crippen LogP contribution is -2.52. The molecule has 2 aromatic rings. The van der Waals surface area contributed by atoms with Crippen molar-refractivity contribution in [3.63, 3.8) is 0 Å². The van der Waals surface area contributed by atoms with Gasteiger partial charge in [0.15, 0.2) is 0 Å². The maximum absolute atomic E-state index is 6.32. The molecule has 0 bridgehead atoms. The summed E-state index contributed by atoms with van der Waals surface area (Å²) in [7, 11) is 0. The molecule has 0 amide bonds. The van der Waals surface area contributed by atoms with Crippen molar-refractivity contribution in [3.05, 3.63) is 59.7 Å². The Kier molecular flexibility index (Phi) is 2.63. The molecule has 4 rings (SSSR count). The number of hydrogen-bond donors (Lipinski definition) is 1. The molecule has 2 aromatic carbocycles. The van der Waals surface area contributed by atoms with Gasteiger partial charge in [-0.2, -0.15) is 0 Å². The normalized spacial score (nSPS) is 16.7. The Morgan fingerprint density at radius 1 is 0.800 bits per heavy atom. The molecular formula is C15H15N3O2. The topological polar surface area (TPSA) is 51.0 Å². The average Bonchev–Trinajstić information content (AvgIpc) is 3.11. The van der Waals surface area contributed by atoms with Crippen molar-refractivity contribution in [2.45, 2.75) is 19.5 Å². The fourth-order valence-electron chi connectivity index (χ4n) is 2.65. The van der Waals surface area contributed by atoms with Crippen LogP contribution in [-0.2, 0) is 22.9 Å². The van der Waals surface area contributed by atoms with E-state index in [1.807, 2.05) is 48.5 Å². The smallest absolute Gasteiger partial charge is 0.203 e. The Hall–Kier alpha value is -2.08. The lowest BCUT2D eigenvalue weighted by Gasteiger charge is -2.32. The minimum Gasteiger partial charge on any atom is -0.290 e. The van der Waals surface area contributed by atoms with Crippen LogP contribution in [0.5, 0.6) is 0 Å². The maximum Gasteiger partial charge on any atom is 0.203 e. The number of rotatable bonds is 2. The highest BCUT2D eigenvalue weighted by atomic mass is 16.7. The summed E-state index contributed by atoms with van der Waals surface area (Å²) in [6, 6.07) is 16.0. The first-order chi connectivity index (χ1) is 9.84. The minimum atomic E-state index is -0.512. The lowest BCUT2D eigenvalue weighted by molar-refractivity contribution is 0.0363. The van der Waals surface area contributed by atoms with Crippen LogP contribution in [0.3, 0.4) is 0 Å². The number of nitrogens with zero attached hydrogens (tertiary/aromatic N) is 2.